The summed E-state index contributed by atoms with van der Waals surface area (Å²) >= 11 is 0. The van der Waals surface area contributed by atoms with Crippen molar-refractivity contribution in [1.29, 1.82) is 0 Å². The summed E-state index contributed by atoms with van der Waals surface area (Å²) < 4.78 is 26.9. The zero-order valence-corrected chi connectivity index (χ0v) is 20.3. The van der Waals surface area contributed by atoms with Crippen LogP contribution in [-0.2, 0) is 16.3 Å². The highest BCUT2D eigenvalue weighted by Crippen LogP contribution is 2.30. The van der Waals surface area contributed by atoms with E-state index >= 15 is 0 Å². The van der Waals surface area contributed by atoms with Crippen LogP contribution in [0, 0.1) is 6.92 Å². The molecule has 0 unspecified atom stereocenters. The first-order valence-corrected chi connectivity index (χ1v) is 13.5. The monoisotopic (exact) mass is 479 g/mol. The maximum absolute atomic E-state index is 13.6. The van der Waals surface area contributed by atoms with Crippen molar-refractivity contribution in [3.05, 3.63) is 70.8 Å². The number of hydrogen-bond donors (Lipinski definition) is 1. The summed E-state index contributed by atoms with van der Waals surface area (Å²) in [5, 5.41) is 7.72. The first kappa shape index (κ1) is 22.5. The Morgan fingerprint density at radius 1 is 1.09 bits per heavy atom. The quantitative estimate of drug-likeness (QED) is 0.724. The number of sulfone groups is 1. The Labute approximate surface area is 200 Å². The second-order valence-electron chi connectivity index (χ2n) is 8.96. The molecule has 8 nitrogen and oxygen atoms in total. The standard InChI is InChI=1S/C25H29N5O3S/c1-18-15-23(25(31)29-13-11-28(12-14-29)21-7-9-26-10-8-21)30(27-18)22-16-19-5-3-4-6-20(19)17-24(22)34(2,32)33/h4,6-9,15-17,26H,3,5,10-14H2,1-2H3. The van der Waals surface area contributed by atoms with Gasteiger partial charge >= 0.3 is 0 Å². The zero-order valence-electron chi connectivity index (χ0n) is 19.5. The number of fused-ring (bicyclic) bond motifs is 1. The van der Waals surface area contributed by atoms with E-state index in [1.54, 1.807) is 12.1 Å². The van der Waals surface area contributed by atoms with Crippen LogP contribution >= 0.6 is 0 Å². The Bertz CT molecular complexity index is 1330. The Hall–Kier alpha value is -3.33. The van der Waals surface area contributed by atoms with E-state index in [1.807, 2.05) is 30.2 Å². The van der Waals surface area contributed by atoms with Gasteiger partial charge in [-0.2, -0.15) is 5.10 Å². The summed E-state index contributed by atoms with van der Waals surface area (Å²) in [6, 6.07) is 5.34. The number of nitrogens with zero attached hydrogens (tertiary/aromatic N) is 4. The number of aromatic nitrogens is 2. The molecule has 3 heterocycles. The van der Waals surface area contributed by atoms with E-state index in [4.69, 9.17) is 0 Å². The minimum Gasteiger partial charge on any atom is -0.387 e. The van der Waals surface area contributed by atoms with Gasteiger partial charge in [0.05, 0.1) is 16.3 Å². The second-order valence-corrected chi connectivity index (χ2v) is 10.9. The number of amides is 1. The normalized spacial score (nSPS) is 17.9. The molecule has 1 saturated heterocycles. The average Bonchev–Trinajstić information content (AvgIpc) is 3.24. The van der Waals surface area contributed by atoms with Crippen LogP contribution in [0.3, 0.4) is 0 Å². The molecule has 1 aromatic heterocycles. The summed E-state index contributed by atoms with van der Waals surface area (Å²) in [4.78, 5) is 17.9. The largest absolute Gasteiger partial charge is 0.387 e. The van der Waals surface area contributed by atoms with Gasteiger partial charge in [-0.05, 0) is 67.4 Å². The Kier molecular flexibility index (Phi) is 5.81. The highest BCUT2D eigenvalue weighted by atomic mass is 32.2. The molecule has 2 aliphatic heterocycles. The third kappa shape index (κ3) is 4.27. The average molecular weight is 480 g/mol. The number of carbonyl (C=O) groups is 1. The SMILES string of the molecule is Cc1cc(C(=O)N2CCN(C3=CCNC=C3)CC2)n(-c2cc3c(cc2S(C)(=O)=O)C=CCC3)n1. The van der Waals surface area contributed by atoms with E-state index in [2.05, 4.69) is 33.5 Å². The zero-order chi connectivity index (χ0) is 23.9. The van der Waals surface area contributed by atoms with Gasteiger partial charge in [-0.1, -0.05) is 12.2 Å². The first-order valence-electron chi connectivity index (χ1n) is 11.6. The van der Waals surface area contributed by atoms with Crippen molar-refractivity contribution in [2.24, 2.45) is 0 Å². The van der Waals surface area contributed by atoms with Crippen molar-refractivity contribution < 1.29 is 13.2 Å². The third-order valence-corrected chi connectivity index (χ3v) is 7.64. The van der Waals surface area contributed by atoms with Gasteiger partial charge in [-0.15, -0.1) is 0 Å². The van der Waals surface area contributed by atoms with Crippen LogP contribution in [0.5, 0.6) is 0 Å². The number of carbonyl (C=O) groups excluding carboxylic acids is 1. The van der Waals surface area contributed by atoms with Crippen molar-refractivity contribution in [1.82, 2.24) is 24.9 Å². The molecule has 3 aliphatic rings. The van der Waals surface area contributed by atoms with Crippen LogP contribution in [0.25, 0.3) is 11.8 Å². The lowest BCUT2D eigenvalue weighted by molar-refractivity contribution is 0.0663. The fourth-order valence-electron chi connectivity index (χ4n) is 4.75. The van der Waals surface area contributed by atoms with Crippen LogP contribution in [-0.4, -0.2) is 72.9 Å². The van der Waals surface area contributed by atoms with Crippen LogP contribution in [0.4, 0.5) is 0 Å². The number of benzene rings is 1. The molecule has 5 rings (SSSR count). The van der Waals surface area contributed by atoms with Gasteiger partial charge in [0.2, 0.25) is 0 Å². The molecule has 0 spiro atoms. The Balaban J connectivity index is 1.47. The minimum atomic E-state index is -3.54. The highest BCUT2D eigenvalue weighted by Gasteiger charge is 2.28. The van der Waals surface area contributed by atoms with Crippen LogP contribution in [0.15, 0.2) is 53.2 Å². The summed E-state index contributed by atoms with van der Waals surface area (Å²) in [6.45, 7) is 5.31. The predicted octanol–water partition coefficient (Wildman–Crippen LogP) is 2.30. The maximum atomic E-state index is 13.6. The van der Waals surface area contributed by atoms with E-state index < -0.39 is 9.84 Å². The van der Waals surface area contributed by atoms with Gasteiger partial charge in [0.1, 0.15) is 5.69 Å². The molecule has 34 heavy (non-hydrogen) atoms. The predicted molar refractivity (Wildman–Crippen MR) is 131 cm³/mol. The summed E-state index contributed by atoms with van der Waals surface area (Å²) in [5.74, 6) is -0.132. The Morgan fingerprint density at radius 3 is 2.59 bits per heavy atom. The van der Waals surface area contributed by atoms with Crippen molar-refractivity contribution in [3.63, 3.8) is 0 Å². The molecule has 9 heteroatoms. The van der Waals surface area contributed by atoms with Crippen LogP contribution in [0.2, 0.25) is 0 Å². The van der Waals surface area contributed by atoms with E-state index in [1.165, 1.54) is 16.6 Å². The van der Waals surface area contributed by atoms with Crippen LogP contribution < -0.4 is 5.32 Å². The molecule has 178 valence electrons. The highest BCUT2D eigenvalue weighted by molar-refractivity contribution is 7.90. The van der Waals surface area contributed by atoms with E-state index in [9.17, 15) is 13.2 Å². The number of allylic oxidation sites excluding steroid dienone is 2. The maximum Gasteiger partial charge on any atom is 0.272 e. The summed E-state index contributed by atoms with van der Waals surface area (Å²) in [5.41, 5.74) is 4.65. The third-order valence-electron chi connectivity index (χ3n) is 6.51. The lowest BCUT2D eigenvalue weighted by Crippen LogP contribution is -2.48. The smallest absolute Gasteiger partial charge is 0.272 e. The summed E-state index contributed by atoms with van der Waals surface area (Å²) in [7, 11) is -3.54. The van der Waals surface area contributed by atoms with Gasteiger partial charge in [-0.25, -0.2) is 13.1 Å². The van der Waals surface area contributed by atoms with Crippen molar-refractivity contribution in [2.45, 2.75) is 24.7 Å². The van der Waals surface area contributed by atoms with Crippen LogP contribution in [0.1, 0.15) is 33.7 Å². The molecule has 1 aliphatic carbocycles. The van der Waals surface area contributed by atoms with Gasteiger partial charge in [0.25, 0.3) is 5.91 Å². The molecule has 0 bridgehead atoms. The topological polar surface area (TPSA) is 87.5 Å². The molecule has 1 amide bonds. The van der Waals surface area contributed by atoms with Crippen molar-refractivity contribution >= 4 is 21.8 Å². The van der Waals surface area contributed by atoms with Gasteiger partial charge in [0, 0.05) is 44.7 Å². The lowest BCUT2D eigenvalue weighted by Gasteiger charge is -2.37. The fourth-order valence-corrected chi connectivity index (χ4v) is 5.62. The number of aryl methyl sites for hydroxylation is 2. The number of dihydropyridines is 1. The van der Waals surface area contributed by atoms with Crippen molar-refractivity contribution in [2.75, 3.05) is 39.0 Å². The summed E-state index contributed by atoms with van der Waals surface area (Å²) in [6.07, 6.45) is 13.1. The number of nitrogens with one attached hydrogen (secondary N) is 1. The fraction of sp³-hybridized carbons (Fsp3) is 0.360. The molecular formula is C25H29N5O3S. The molecule has 1 N–H and O–H groups in total. The van der Waals surface area contributed by atoms with Gasteiger partial charge < -0.3 is 15.1 Å². The minimum absolute atomic E-state index is 0.132. The molecule has 0 saturated carbocycles. The molecular weight excluding hydrogens is 450 g/mol. The van der Waals surface area contributed by atoms with E-state index in [0.717, 1.165) is 43.6 Å². The lowest BCUT2D eigenvalue weighted by atomic mass is 9.97. The van der Waals surface area contributed by atoms with Gasteiger partial charge in [0.15, 0.2) is 9.84 Å². The van der Waals surface area contributed by atoms with Gasteiger partial charge in [-0.3, -0.25) is 4.79 Å². The Morgan fingerprint density at radius 2 is 1.88 bits per heavy atom. The number of hydrogen-bond acceptors (Lipinski definition) is 6. The van der Waals surface area contributed by atoms with E-state index in [0.29, 0.717) is 30.2 Å². The number of rotatable bonds is 4. The molecule has 0 atom stereocenters. The molecule has 2 aromatic rings. The van der Waals surface area contributed by atoms with E-state index in [-0.39, 0.29) is 10.8 Å². The first-order chi connectivity index (χ1) is 16.3. The number of piperazine rings is 1. The molecule has 0 radical (unpaired) electrons. The van der Waals surface area contributed by atoms with Crippen molar-refractivity contribution in [3.8, 4) is 5.69 Å². The second kappa shape index (κ2) is 8.79. The molecule has 1 fully saturated rings. The molecule has 1 aromatic carbocycles.